The van der Waals surface area contributed by atoms with Crippen molar-refractivity contribution < 1.29 is 39.5 Å². The molecule has 0 aliphatic rings. The summed E-state index contributed by atoms with van der Waals surface area (Å²) < 4.78 is 0. The van der Waals surface area contributed by atoms with Gasteiger partial charge in [-0.3, -0.25) is 0 Å². The van der Waals surface area contributed by atoms with Crippen LogP contribution >= 0.6 is 12.6 Å². The van der Waals surface area contributed by atoms with Crippen molar-refractivity contribution in [3.8, 4) is 0 Å². The Morgan fingerprint density at radius 1 is 1.78 bits per heavy atom. The van der Waals surface area contributed by atoms with Crippen molar-refractivity contribution in [2.75, 3.05) is 0 Å². The van der Waals surface area contributed by atoms with Gasteiger partial charge in [-0.15, -0.1) is 0 Å². The molecular weight excluding hydrogens is 147 g/mol. The van der Waals surface area contributed by atoms with Crippen LogP contribution in [0.25, 0.3) is 0 Å². The van der Waals surface area contributed by atoms with Gasteiger partial charge in [0.05, 0.1) is 5.97 Å². The minimum absolute atomic E-state index is 0. The predicted molar refractivity (Wildman–Crippen MR) is 32.7 cm³/mol. The molecule has 0 fully saturated rings. The van der Waals surface area contributed by atoms with Crippen molar-refractivity contribution in [1.82, 2.24) is 0 Å². The molecule has 0 aliphatic carbocycles. The van der Waals surface area contributed by atoms with Gasteiger partial charge in [0.15, 0.2) is 0 Å². The Morgan fingerprint density at radius 3 is 2.33 bits per heavy atom. The van der Waals surface area contributed by atoms with Crippen LogP contribution in [-0.4, -0.2) is 11.2 Å². The molecular formula is C5H9NaO2S. The van der Waals surface area contributed by atoms with E-state index in [1.54, 1.807) is 0 Å². The van der Waals surface area contributed by atoms with E-state index in [0.717, 1.165) is 6.42 Å². The molecule has 0 heterocycles. The van der Waals surface area contributed by atoms with E-state index in [2.05, 4.69) is 12.6 Å². The molecule has 0 saturated heterocycles. The molecule has 0 aromatic carbocycles. The van der Waals surface area contributed by atoms with Gasteiger partial charge < -0.3 is 9.90 Å². The second-order valence-corrected chi connectivity index (χ2v) is 2.25. The Balaban J connectivity index is 0. The number of thiol groups is 1. The number of hydrogen-bond donors (Lipinski definition) is 1. The molecule has 0 N–H and O–H groups in total. The molecule has 48 valence electrons. The molecule has 0 aromatic heterocycles. The van der Waals surface area contributed by atoms with E-state index in [0.29, 0.717) is 6.42 Å². The van der Waals surface area contributed by atoms with Gasteiger partial charge >= 0.3 is 29.6 Å². The fourth-order valence-corrected chi connectivity index (χ4v) is 0.649. The van der Waals surface area contributed by atoms with Crippen LogP contribution in [0.3, 0.4) is 0 Å². The minimum Gasteiger partial charge on any atom is -0.549 e. The van der Waals surface area contributed by atoms with E-state index in [1.165, 1.54) is 0 Å². The molecule has 0 rings (SSSR count). The fourth-order valence-electron chi connectivity index (χ4n) is 0.391. The maximum atomic E-state index is 9.90. The Labute approximate surface area is 82.7 Å². The number of aliphatic carboxylic acids is 1. The third-order valence-corrected chi connectivity index (χ3v) is 1.30. The van der Waals surface area contributed by atoms with Crippen LogP contribution in [0.4, 0.5) is 0 Å². The van der Waals surface area contributed by atoms with E-state index in [9.17, 15) is 9.90 Å². The van der Waals surface area contributed by atoms with Crippen molar-refractivity contribution in [3.05, 3.63) is 0 Å². The molecule has 0 unspecified atom stereocenters. The van der Waals surface area contributed by atoms with Gasteiger partial charge in [0, 0.05) is 5.25 Å². The smallest absolute Gasteiger partial charge is 0.549 e. The Kier molecular flexibility index (Phi) is 9.62. The second kappa shape index (κ2) is 6.93. The third-order valence-electron chi connectivity index (χ3n) is 0.834. The fraction of sp³-hybridized carbons (Fsp3) is 0.800. The van der Waals surface area contributed by atoms with E-state index in [-0.39, 0.29) is 29.6 Å². The largest absolute Gasteiger partial charge is 1.00 e. The zero-order chi connectivity index (χ0) is 6.57. The van der Waals surface area contributed by atoms with E-state index < -0.39 is 11.2 Å². The molecule has 0 saturated carbocycles. The maximum Gasteiger partial charge on any atom is 1.00 e. The Morgan fingerprint density at radius 2 is 2.22 bits per heavy atom. The van der Waals surface area contributed by atoms with Gasteiger partial charge in [0.25, 0.3) is 0 Å². The summed E-state index contributed by atoms with van der Waals surface area (Å²) in [7, 11) is 0. The molecule has 0 aromatic rings. The maximum absolute atomic E-state index is 9.90. The van der Waals surface area contributed by atoms with E-state index in [1.807, 2.05) is 6.92 Å². The van der Waals surface area contributed by atoms with Crippen molar-refractivity contribution in [2.24, 2.45) is 0 Å². The van der Waals surface area contributed by atoms with Gasteiger partial charge in [0.1, 0.15) is 0 Å². The first kappa shape index (κ1) is 12.5. The standard InChI is InChI=1S/C5H10O2S.Na/c1-2-3-4(8)5(6)7;/h4,8H,2-3H2,1H3,(H,6,7);/q;+1/p-1/t4-;/m1./s1. The summed E-state index contributed by atoms with van der Waals surface area (Å²) in [5, 5.41) is 9.32. The van der Waals surface area contributed by atoms with Crippen molar-refractivity contribution in [2.45, 2.75) is 25.0 Å². The van der Waals surface area contributed by atoms with Crippen LogP contribution in [0.5, 0.6) is 0 Å². The second-order valence-electron chi connectivity index (χ2n) is 1.62. The molecule has 2 nitrogen and oxygen atoms in total. The summed E-state index contributed by atoms with van der Waals surface area (Å²) in [5.41, 5.74) is 0. The Hall–Kier alpha value is 0.820. The van der Waals surface area contributed by atoms with Gasteiger partial charge in [-0.05, 0) is 6.42 Å². The Bertz CT molecular complexity index is 87.0. The van der Waals surface area contributed by atoms with Gasteiger partial charge in [-0.1, -0.05) is 13.3 Å². The summed E-state index contributed by atoms with van der Waals surface area (Å²) in [6.45, 7) is 1.91. The molecule has 0 bridgehead atoms. The number of hydrogen-bond acceptors (Lipinski definition) is 3. The zero-order valence-electron chi connectivity index (χ0n) is 5.76. The van der Waals surface area contributed by atoms with Gasteiger partial charge in [-0.2, -0.15) is 12.6 Å². The first-order valence-electron chi connectivity index (χ1n) is 2.57. The van der Waals surface area contributed by atoms with E-state index >= 15 is 0 Å². The van der Waals surface area contributed by atoms with Crippen LogP contribution in [0.1, 0.15) is 19.8 Å². The van der Waals surface area contributed by atoms with Crippen LogP contribution in [0.2, 0.25) is 0 Å². The average molecular weight is 156 g/mol. The van der Waals surface area contributed by atoms with E-state index in [4.69, 9.17) is 0 Å². The summed E-state index contributed by atoms with van der Waals surface area (Å²) in [5.74, 6) is -1.07. The molecule has 0 spiro atoms. The number of carbonyl (C=O) groups excluding carboxylic acids is 1. The molecule has 1 atom stereocenters. The number of carboxylic acid groups (broad SMARTS) is 1. The van der Waals surface area contributed by atoms with Crippen LogP contribution in [-0.2, 0) is 4.79 Å². The summed E-state index contributed by atoms with van der Waals surface area (Å²) in [4.78, 5) is 9.90. The van der Waals surface area contributed by atoms with Crippen molar-refractivity contribution >= 4 is 18.6 Å². The SMILES string of the molecule is CCC[C@@H](S)C(=O)[O-].[Na+]. The number of carboxylic acids is 1. The van der Waals surface area contributed by atoms with Crippen molar-refractivity contribution in [3.63, 3.8) is 0 Å². The summed E-state index contributed by atoms with van der Waals surface area (Å²) >= 11 is 3.74. The van der Waals surface area contributed by atoms with Gasteiger partial charge in [0.2, 0.25) is 0 Å². The zero-order valence-corrected chi connectivity index (χ0v) is 8.65. The molecule has 0 radical (unpaired) electrons. The molecule has 0 amide bonds. The summed E-state index contributed by atoms with van der Waals surface area (Å²) in [6.07, 6.45) is 1.42. The number of rotatable bonds is 3. The quantitative estimate of drug-likeness (QED) is 0.346. The monoisotopic (exact) mass is 156 g/mol. The van der Waals surface area contributed by atoms with Crippen LogP contribution < -0.4 is 34.7 Å². The average Bonchev–Trinajstić information content (AvgIpc) is 1.67. The third kappa shape index (κ3) is 6.71. The normalized spacial score (nSPS) is 11.8. The van der Waals surface area contributed by atoms with Crippen molar-refractivity contribution in [1.29, 1.82) is 0 Å². The van der Waals surface area contributed by atoms with Crippen LogP contribution in [0, 0.1) is 0 Å². The summed E-state index contributed by atoms with van der Waals surface area (Å²) in [6, 6.07) is 0. The van der Waals surface area contributed by atoms with Crippen LogP contribution in [0.15, 0.2) is 0 Å². The molecule has 9 heavy (non-hydrogen) atoms. The van der Waals surface area contributed by atoms with Gasteiger partial charge in [-0.25, -0.2) is 0 Å². The first-order valence-corrected chi connectivity index (χ1v) is 3.09. The molecule has 4 heteroatoms. The topological polar surface area (TPSA) is 40.1 Å². The number of carbonyl (C=O) groups is 1. The minimum atomic E-state index is -1.07. The first-order chi connectivity index (χ1) is 3.68. The predicted octanol–water partition coefficient (Wildman–Crippen LogP) is -3.16. The molecule has 0 aliphatic heterocycles.